The van der Waals surface area contributed by atoms with Crippen LogP contribution in [-0.4, -0.2) is 23.2 Å². The highest BCUT2D eigenvalue weighted by atomic mass is 19.4. The predicted molar refractivity (Wildman–Crippen MR) is 104 cm³/mol. The summed E-state index contributed by atoms with van der Waals surface area (Å²) in [5.74, 6) is 0.789. The Morgan fingerprint density at radius 1 is 1.27 bits per heavy atom. The van der Waals surface area contributed by atoms with E-state index in [4.69, 9.17) is 4.74 Å². The molecule has 1 N–H and O–H groups in total. The Morgan fingerprint density at radius 2 is 2.00 bits per heavy atom. The predicted octanol–water partition coefficient (Wildman–Crippen LogP) is 3.71. The molecule has 1 aromatic heterocycles. The lowest BCUT2D eigenvalue weighted by Crippen LogP contribution is -2.29. The van der Waals surface area contributed by atoms with Crippen LogP contribution in [0.2, 0.25) is 0 Å². The molecule has 154 valence electrons. The van der Waals surface area contributed by atoms with Crippen molar-refractivity contribution in [3.8, 4) is 17.5 Å². The molecule has 1 saturated heterocycles. The van der Waals surface area contributed by atoms with Gasteiger partial charge in [-0.05, 0) is 55.8 Å². The maximum Gasteiger partial charge on any atom is 0.418 e. The number of hydrogen-bond donors (Lipinski definition) is 1. The Morgan fingerprint density at radius 3 is 2.57 bits per heavy atom. The summed E-state index contributed by atoms with van der Waals surface area (Å²) in [6.07, 6.45) is -3.29. The maximum atomic E-state index is 13.7. The van der Waals surface area contributed by atoms with Gasteiger partial charge < -0.3 is 10.1 Å². The zero-order valence-electron chi connectivity index (χ0n) is 16.0. The molecule has 30 heavy (non-hydrogen) atoms. The summed E-state index contributed by atoms with van der Waals surface area (Å²) < 4.78 is 47.5. The van der Waals surface area contributed by atoms with Crippen LogP contribution in [0.25, 0.3) is 16.6 Å². The summed E-state index contributed by atoms with van der Waals surface area (Å²) in [5, 5.41) is 12.1. The second kappa shape index (κ2) is 7.46. The minimum absolute atomic E-state index is 0.213. The number of alkyl halides is 3. The van der Waals surface area contributed by atoms with Gasteiger partial charge in [0.15, 0.2) is 0 Å². The van der Waals surface area contributed by atoms with E-state index in [0.717, 1.165) is 18.6 Å². The lowest BCUT2D eigenvalue weighted by atomic mass is 10.0. The molecule has 0 aliphatic carbocycles. The van der Waals surface area contributed by atoms with Crippen LogP contribution >= 0.6 is 0 Å². The summed E-state index contributed by atoms with van der Waals surface area (Å²) in [5.41, 5.74) is -1.98. The standard InChI is InChI=1S/C21H17F3N4O2/c1-30-14-6-4-13(5-7-14)28-19(17-3-2-8-26-17)27-18-15(20(28)29)9-12(11-25)10-16(18)21(22,23)24/h4-7,9-10,17,26H,2-3,8H2,1H3/t17-/m0/s1. The molecule has 1 atom stereocenters. The SMILES string of the molecule is COc1ccc(-n2c([C@@H]3CCCN3)nc3c(C(F)(F)F)cc(C#N)cc3c2=O)cc1. The lowest BCUT2D eigenvalue weighted by molar-refractivity contribution is -0.136. The topological polar surface area (TPSA) is 79.9 Å². The highest BCUT2D eigenvalue weighted by Gasteiger charge is 2.35. The number of rotatable bonds is 3. The first-order valence-electron chi connectivity index (χ1n) is 9.29. The molecule has 4 rings (SSSR count). The van der Waals surface area contributed by atoms with Gasteiger partial charge in [-0.3, -0.25) is 9.36 Å². The number of nitrogens with zero attached hydrogens (tertiary/aromatic N) is 3. The van der Waals surface area contributed by atoms with E-state index in [1.54, 1.807) is 30.3 Å². The fraction of sp³-hybridized carbons (Fsp3) is 0.286. The Hall–Kier alpha value is -3.38. The first-order valence-corrected chi connectivity index (χ1v) is 9.29. The van der Waals surface area contributed by atoms with Gasteiger partial charge in [0, 0.05) is 0 Å². The normalized spacial score (nSPS) is 16.6. The van der Waals surface area contributed by atoms with Crippen LogP contribution in [0.3, 0.4) is 0 Å². The molecule has 3 aromatic rings. The Balaban J connectivity index is 2.09. The van der Waals surface area contributed by atoms with E-state index in [1.165, 1.54) is 11.7 Å². The van der Waals surface area contributed by atoms with Crippen molar-refractivity contribution < 1.29 is 17.9 Å². The van der Waals surface area contributed by atoms with Gasteiger partial charge in [0.25, 0.3) is 5.56 Å². The third-order valence-electron chi connectivity index (χ3n) is 5.14. The van der Waals surface area contributed by atoms with Gasteiger partial charge >= 0.3 is 6.18 Å². The van der Waals surface area contributed by atoms with Crippen molar-refractivity contribution in [3.63, 3.8) is 0 Å². The molecule has 0 amide bonds. The average molecular weight is 414 g/mol. The van der Waals surface area contributed by atoms with Crippen molar-refractivity contribution in [1.29, 1.82) is 5.26 Å². The van der Waals surface area contributed by atoms with E-state index in [2.05, 4.69) is 10.3 Å². The van der Waals surface area contributed by atoms with E-state index in [9.17, 15) is 23.2 Å². The van der Waals surface area contributed by atoms with Crippen LogP contribution in [-0.2, 0) is 6.18 Å². The maximum absolute atomic E-state index is 13.7. The smallest absolute Gasteiger partial charge is 0.418 e. The molecule has 1 fully saturated rings. The molecule has 2 aromatic carbocycles. The van der Waals surface area contributed by atoms with Crippen LogP contribution < -0.4 is 15.6 Å². The summed E-state index contributed by atoms with van der Waals surface area (Å²) >= 11 is 0. The van der Waals surface area contributed by atoms with Gasteiger partial charge in [-0.1, -0.05) is 0 Å². The fourth-order valence-corrected chi connectivity index (χ4v) is 3.71. The number of benzene rings is 2. The Labute approximate surface area is 169 Å². The molecule has 0 saturated carbocycles. The van der Waals surface area contributed by atoms with Crippen LogP contribution in [0.1, 0.15) is 35.8 Å². The molecule has 0 bridgehead atoms. The van der Waals surface area contributed by atoms with Gasteiger partial charge in [-0.15, -0.1) is 0 Å². The van der Waals surface area contributed by atoms with Crippen molar-refractivity contribution in [2.24, 2.45) is 0 Å². The molecule has 0 unspecified atom stereocenters. The van der Waals surface area contributed by atoms with E-state index in [0.29, 0.717) is 24.4 Å². The molecular weight excluding hydrogens is 397 g/mol. The van der Waals surface area contributed by atoms with Gasteiger partial charge in [-0.25, -0.2) is 4.98 Å². The van der Waals surface area contributed by atoms with Crippen molar-refractivity contribution in [3.05, 3.63) is 63.7 Å². The largest absolute Gasteiger partial charge is 0.497 e. The Kier molecular flexibility index (Phi) is 4.95. The summed E-state index contributed by atoms with van der Waals surface area (Å²) in [4.78, 5) is 17.7. The molecule has 1 aliphatic heterocycles. The fourth-order valence-electron chi connectivity index (χ4n) is 3.71. The molecule has 1 aliphatic rings. The number of methoxy groups -OCH3 is 1. The van der Waals surface area contributed by atoms with Gasteiger partial charge in [-0.2, -0.15) is 18.4 Å². The molecule has 0 spiro atoms. The van der Waals surface area contributed by atoms with Crippen LogP contribution in [0, 0.1) is 11.3 Å². The number of hydrogen-bond acceptors (Lipinski definition) is 5. The van der Waals surface area contributed by atoms with E-state index in [-0.39, 0.29) is 22.8 Å². The molecule has 0 radical (unpaired) electrons. The van der Waals surface area contributed by atoms with Crippen molar-refractivity contribution in [2.75, 3.05) is 13.7 Å². The van der Waals surface area contributed by atoms with E-state index < -0.39 is 22.8 Å². The summed E-state index contributed by atoms with van der Waals surface area (Å²) in [6.45, 7) is 0.681. The van der Waals surface area contributed by atoms with Crippen molar-refractivity contribution in [1.82, 2.24) is 14.9 Å². The van der Waals surface area contributed by atoms with Crippen molar-refractivity contribution in [2.45, 2.75) is 25.1 Å². The molecule has 6 nitrogen and oxygen atoms in total. The first kappa shape index (κ1) is 19.9. The molecule has 2 heterocycles. The summed E-state index contributed by atoms with van der Waals surface area (Å²) in [7, 11) is 1.51. The highest BCUT2D eigenvalue weighted by Crippen LogP contribution is 2.35. The van der Waals surface area contributed by atoms with Crippen molar-refractivity contribution >= 4 is 10.9 Å². The second-order valence-corrected chi connectivity index (χ2v) is 6.99. The minimum atomic E-state index is -4.75. The highest BCUT2D eigenvalue weighted by molar-refractivity contribution is 5.83. The lowest BCUT2D eigenvalue weighted by Gasteiger charge is -2.20. The van der Waals surface area contributed by atoms with Crippen LogP contribution in [0.15, 0.2) is 41.2 Å². The minimum Gasteiger partial charge on any atom is -0.497 e. The summed E-state index contributed by atoms with van der Waals surface area (Å²) in [6, 6.07) is 9.83. The van der Waals surface area contributed by atoms with E-state index in [1.807, 2.05) is 0 Å². The zero-order chi connectivity index (χ0) is 21.5. The number of ether oxygens (including phenoxy) is 1. The van der Waals surface area contributed by atoms with Crippen LogP contribution in [0.4, 0.5) is 13.2 Å². The zero-order valence-corrected chi connectivity index (χ0v) is 16.0. The quantitative estimate of drug-likeness (QED) is 0.707. The van der Waals surface area contributed by atoms with Gasteiger partial charge in [0.05, 0.1) is 46.9 Å². The number of nitriles is 1. The third-order valence-corrected chi connectivity index (χ3v) is 5.14. The first-order chi connectivity index (χ1) is 14.3. The second-order valence-electron chi connectivity index (χ2n) is 6.99. The number of fused-ring (bicyclic) bond motifs is 1. The Bertz CT molecular complexity index is 1200. The molecular formula is C21H17F3N4O2. The third kappa shape index (κ3) is 3.39. The monoisotopic (exact) mass is 414 g/mol. The van der Waals surface area contributed by atoms with Gasteiger partial charge in [0.1, 0.15) is 11.6 Å². The molecule has 9 heteroatoms. The average Bonchev–Trinajstić information content (AvgIpc) is 3.27. The van der Waals surface area contributed by atoms with E-state index >= 15 is 0 Å². The number of aromatic nitrogens is 2. The number of nitrogens with one attached hydrogen (secondary N) is 1. The number of halogens is 3. The van der Waals surface area contributed by atoms with Gasteiger partial charge in [0.2, 0.25) is 0 Å². The van der Waals surface area contributed by atoms with Crippen LogP contribution in [0.5, 0.6) is 5.75 Å².